The lowest BCUT2D eigenvalue weighted by molar-refractivity contribution is 0.604. The molecule has 1 atom stereocenters. The van der Waals surface area contributed by atoms with E-state index in [1.165, 1.54) is 4.88 Å². The number of hydrogen-bond acceptors (Lipinski definition) is 6. The third-order valence-corrected chi connectivity index (χ3v) is 4.34. The molecule has 6 heteroatoms. The number of aromatic nitrogens is 2. The summed E-state index contributed by atoms with van der Waals surface area (Å²) in [6, 6.07) is 6.04. The number of thiazole rings is 1. The summed E-state index contributed by atoms with van der Waals surface area (Å²) in [7, 11) is 0. The quantitative estimate of drug-likeness (QED) is 0.719. The van der Waals surface area contributed by atoms with Crippen LogP contribution in [0, 0.1) is 13.8 Å². The Labute approximate surface area is 120 Å². The zero-order valence-electron chi connectivity index (χ0n) is 11.6. The van der Waals surface area contributed by atoms with Gasteiger partial charge >= 0.3 is 0 Å². The van der Waals surface area contributed by atoms with Crippen molar-refractivity contribution in [3.8, 4) is 0 Å². The number of anilines is 2. The minimum absolute atomic E-state index is 0.103. The van der Waals surface area contributed by atoms with E-state index in [0.717, 1.165) is 21.8 Å². The highest BCUT2D eigenvalue weighted by atomic mass is 32.1. The zero-order chi connectivity index (χ0) is 14.3. The van der Waals surface area contributed by atoms with Gasteiger partial charge in [0.25, 0.3) is 6.01 Å². The second kappa shape index (κ2) is 4.79. The van der Waals surface area contributed by atoms with Crippen LogP contribution in [0.15, 0.2) is 22.6 Å². The van der Waals surface area contributed by atoms with Crippen LogP contribution in [0.2, 0.25) is 0 Å². The van der Waals surface area contributed by atoms with E-state index in [1.807, 2.05) is 19.9 Å². The molecule has 2 heterocycles. The molecule has 104 valence electrons. The standard InChI is InChI=1S/C14H16N4OS/c1-7-13(20-9(3)16-7)8(2)17-14-18-11-6-10(15)4-5-12(11)19-14/h4-6,8H,15H2,1-3H3,(H,17,18). The highest BCUT2D eigenvalue weighted by Gasteiger charge is 2.15. The van der Waals surface area contributed by atoms with Crippen LogP contribution in [0.1, 0.15) is 28.5 Å². The summed E-state index contributed by atoms with van der Waals surface area (Å²) in [5, 5.41) is 4.34. The molecule has 1 unspecified atom stereocenters. The number of fused-ring (bicyclic) bond motifs is 1. The number of rotatable bonds is 3. The van der Waals surface area contributed by atoms with Crippen molar-refractivity contribution in [3.05, 3.63) is 33.8 Å². The third kappa shape index (κ3) is 2.34. The molecule has 0 saturated heterocycles. The van der Waals surface area contributed by atoms with E-state index >= 15 is 0 Å². The minimum atomic E-state index is 0.103. The molecule has 20 heavy (non-hydrogen) atoms. The van der Waals surface area contributed by atoms with Crippen LogP contribution in [0.5, 0.6) is 0 Å². The van der Waals surface area contributed by atoms with Crippen molar-refractivity contribution in [1.82, 2.24) is 9.97 Å². The van der Waals surface area contributed by atoms with Gasteiger partial charge < -0.3 is 15.5 Å². The molecule has 0 spiro atoms. The Morgan fingerprint density at radius 1 is 1.30 bits per heavy atom. The van der Waals surface area contributed by atoms with Crippen LogP contribution in [0.3, 0.4) is 0 Å². The van der Waals surface area contributed by atoms with E-state index in [0.29, 0.717) is 11.7 Å². The number of nitrogen functional groups attached to an aromatic ring is 1. The van der Waals surface area contributed by atoms with Crippen LogP contribution in [-0.2, 0) is 0 Å². The molecule has 5 nitrogen and oxygen atoms in total. The van der Waals surface area contributed by atoms with E-state index in [-0.39, 0.29) is 6.04 Å². The monoisotopic (exact) mass is 288 g/mol. The number of oxazole rings is 1. The van der Waals surface area contributed by atoms with Crippen molar-refractivity contribution in [2.24, 2.45) is 0 Å². The summed E-state index contributed by atoms with van der Waals surface area (Å²) < 4.78 is 5.67. The average molecular weight is 288 g/mol. The molecule has 0 fully saturated rings. The largest absolute Gasteiger partial charge is 0.424 e. The molecule has 0 amide bonds. The van der Waals surface area contributed by atoms with E-state index in [2.05, 4.69) is 22.2 Å². The summed E-state index contributed by atoms with van der Waals surface area (Å²) in [4.78, 5) is 10.0. The van der Waals surface area contributed by atoms with Gasteiger partial charge in [0.2, 0.25) is 0 Å². The number of aryl methyl sites for hydroxylation is 2. The van der Waals surface area contributed by atoms with Crippen molar-refractivity contribution in [2.75, 3.05) is 11.1 Å². The molecule has 0 radical (unpaired) electrons. The average Bonchev–Trinajstić information content (AvgIpc) is 2.91. The lowest BCUT2D eigenvalue weighted by Gasteiger charge is -2.10. The van der Waals surface area contributed by atoms with Gasteiger partial charge in [0.05, 0.1) is 16.7 Å². The lowest BCUT2D eigenvalue weighted by atomic mass is 10.2. The van der Waals surface area contributed by atoms with Gasteiger partial charge in [0.15, 0.2) is 5.58 Å². The minimum Gasteiger partial charge on any atom is -0.424 e. The fourth-order valence-electron chi connectivity index (χ4n) is 2.21. The molecule has 0 aliphatic heterocycles. The van der Waals surface area contributed by atoms with Crippen LogP contribution in [0.25, 0.3) is 11.1 Å². The normalized spacial score (nSPS) is 12.8. The van der Waals surface area contributed by atoms with Crippen molar-refractivity contribution in [2.45, 2.75) is 26.8 Å². The maximum absolute atomic E-state index is 5.74. The topological polar surface area (TPSA) is 77.0 Å². The van der Waals surface area contributed by atoms with E-state index in [1.54, 1.807) is 23.5 Å². The van der Waals surface area contributed by atoms with Gasteiger partial charge in [0, 0.05) is 10.6 Å². The summed E-state index contributed by atoms with van der Waals surface area (Å²) in [5.74, 6) is 0. The third-order valence-electron chi connectivity index (χ3n) is 3.08. The second-order valence-electron chi connectivity index (χ2n) is 4.79. The van der Waals surface area contributed by atoms with Gasteiger partial charge in [-0.25, -0.2) is 4.98 Å². The van der Waals surface area contributed by atoms with Gasteiger partial charge in [-0.3, -0.25) is 0 Å². The SMILES string of the molecule is Cc1nc(C)c(C(C)Nc2nc3cc(N)ccc3o2)s1. The first-order valence-corrected chi connectivity index (χ1v) is 7.21. The smallest absolute Gasteiger partial charge is 0.296 e. The Morgan fingerprint density at radius 3 is 2.80 bits per heavy atom. The first-order valence-electron chi connectivity index (χ1n) is 6.39. The van der Waals surface area contributed by atoms with Crippen molar-refractivity contribution >= 4 is 34.1 Å². The number of nitrogens with zero attached hydrogens (tertiary/aromatic N) is 2. The van der Waals surface area contributed by atoms with Gasteiger partial charge in [0.1, 0.15) is 5.52 Å². The first kappa shape index (κ1) is 12.9. The highest BCUT2D eigenvalue weighted by Crippen LogP contribution is 2.29. The van der Waals surface area contributed by atoms with Gasteiger partial charge in [-0.2, -0.15) is 4.98 Å². The van der Waals surface area contributed by atoms with Crippen LogP contribution >= 0.6 is 11.3 Å². The molecular formula is C14H16N4OS. The number of benzene rings is 1. The molecule has 0 saturated carbocycles. The van der Waals surface area contributed by atoms with Crippen LogP contribution < -0.4 is 11.1 Å². The Kier molecular flexibility index (Phi) is 3.10. The van der Waals surface area contributed by atoms with E-state index < -0.39 is 0 Å². The molecular weight excluding hydrogens is 272 g/mol. The Morgan fingerprint density at radius 2 is 2.10 bits per heavy atom. The Hall–Kier alpha value is -2.08. The predicted octanol–water partition coefficient (Wildman–Crippen LogP) is 3.66. The summed E-state index contributed by atoms with van der Waals surface area (Å²) in [5.41, 5.74) is 8.96. The maximum atomic E-state index is 5.74. The van der Waals surface area contributed by atoms with Gasteiger partial charge in [-0.15, -0.1) is 11.3 Å². The van der Waals surface area contributed by atoms with Crippen LogP contribution in [0.4, 0.5) is 11.7 Å². The molecule has 0 bridgehead atoms. The maximum Gasteiger partial charge on any atom is 0.296 e. The summed E-state index contributed by atoms with van der Waals surface area (Å²) >= 11 is 1.69. The Bertz CT molecular complexity index is 762. The van der Waals surface area contributed by atoms with Crippen molar-refractivity contribution < 1.29 is 4.42 Å². The van der Waals surface area contributed by atoms with Crippen molar-refractivity contribution in [3.63, 3.8) is 0 Å². The number of nitrogens with two attached hydrogens (primary N) is 1. The molecule has 2 aromatic heterocycles. The summed E-state index contributed by atoms with van der Waals surface area (Å²) in [6.45, 7) is 6.10. The van der Waals surface area contributed by atoms with Crippen LogP contribution in [-0.4, -0.2) is 9.97 Å². The number of nitrogens with one attached hydrogen (secondary N) is 1. The molecule has 1 aromatic carbocycles. The first-order chi connectivity index (χ1) is 9.52. The molecule has 0 aliphatic carbocycles. The van der Waals surface area contributed by atoms with Gasteiger partial charge in [-0.1, -0.05) is 0 Å². The lowest BCUT2D eigenvalue weighted by Crippen LogP contribution is -2.06. The van der Waals surface area contributed by atoms with Gasteiger partial charge in [-0.05, 0) is 39.0 Å². The Balaban J connectivity index is 1.87. The fourth-order valence-corrected chi connectivity index (χ4v) is 3.14. The molecule has 3 N–H and O–H groups in total. The highest BCUT2D eigenvalue weighted by molar-refractivity contribution is 7.11. The van der Waals surface area contributed by atoms with E-state index in [9.17, 15) is 0 Å². The van der Waals surface area contributed by atoms with Crippen molar-refractivity contribution in [1.29, 1.82) is 0 Å². The summed E-state index contributed by atoms with van der Waals surface area (Å²) in [6.07, 6.45) is 0. The second-order valence-corrected chi connectivity index (χ2v) is 6.03. The molecule has 3 aromatic rings. The molecule has 3 rings (SSSR count). The number of hydrogen-bond donors (Lipinski definition) is 2. The van der Waals surface area contributed by atoms with E-state index in [4.69, 9.17) is 10.2 Å². The molecule has 0 aliphatic rings. The predicted molar refractivity (Wildman–Crippen MR) is 82.0 cm³/mol. The zero-order valence-corrected chi connectivity index (χ0v) is 12.4. The fraction of sp³-hybridized carbons (Fsp3) is 0.286.